The van der Waals surface area contributed by atoms with Gasteiger partial charge in [-0.2, -0.15) is 0 Å². The molecule has 2 aromatic carbocycles. The van der Waals surface area contributed by atoms with Gasteiger partial charge in [-0.15, -0.1) is 24.8 Å². The standard InChI is InChI=1S/C24H31N3O2.2ClH/c1-18-8-2-3-9-22(18)24(29)25-21-14-19(16-26-10-4-5-11-26)23(28)20(15-21)17-27-12-6-7-13-27;;/h2-3,8-9,14-15,28H,4-7,10-13,16-17H2,1H3,(H,25,29);2*1H. The van der Waals surface area contributed by atoms with Gasteiger partial charge in [0.2, 0.25) is 0 Å². The van der Waals surface area contributed by atoms with E-state index in [-0.39, 0.29) is 30.7 Å². The van der Waals surface area contributed by atoms with Crippen molar-refractivity contribution in [3.05, 3.63) is 58.7 Å². The molecular weight excluding hydrogens is 433 g/mol. The number of nitrogens with zero attached hydrogens (tertiary/aromatic N) is 2. The predicted molar refractivity (Wildman–Crippen MR) is 131 cm³/mol. The van der Waals surface area contributed by atoms with Crippen LogP contribution < -0.4 is 5.32 Å². The number of carbonyl (C=O) groups excluding carboxylic acids is 1. The van der Waals surface area contributed by atoms with Crippen molar-refractivity contribution in [2.75, 3.05) is 31.5 Å². The summed E-state index contributed by atoms with van der Waals surface area (Å²) in [4.78, 5) is 17.6. The van der Waals surface area contributed by atoms with Gasteiger partial charge in [0.1, 0.15) is 5.75 Å². The first-order valence-corrected chi connectivity index (χ1v) is 10.8. The normalized spacial score (nSPS) is 16.5. The molecule has 0 radical (unpaired) electrons. The molecule has 2 N–H and O–H groups in total. The topological polar surface area (TPSA) is 55.8 Å². The molecule has 7 heteroatoms. The molecule has 2 fully saturated rings. The molecule has 2 aromatic rings. The highest BCUT2D eigenvalue weighted by atomic mass is 35.5. The highest BCUT2D eigenvalue weighted by Gasteiger charge is 2.20. The number of phenolic OH excluding ortho intramolecular Hbond substituents is 1. The van der Waals surface area contributed by atoms with Crippen LogP contribution in [0.3, 0.4) is 0 Å². The molecule has 1 amide bonds. The fourth-order valence-corrected chi connectivity index (χ4v) is 4.46. The summed E-state index contributed by atoms with van der Waals surface area (Å²) in [6.45, 7) is 7.69. The quantitative estimate of drug-likeness (QED) is 0.590. The number of carbonyl (C=O) groups is 1. The number of phenols is 1. The van der Waals surface area contributed by atoms with Crippen molar-refractivity contribution in [2.45, 2.75) is 45.7 Å². The lowest BCUT2D eigenvalue weighted by molar-refractivity contribution is 0.102. The highest BCUT2D eigenvalue weighted by Crippen LogP contribution is 2.31. The van der Waals surface area contributed by atoms with E-state index in [2.05, 4.69) is 15.1 Å². The maximum atomic E-state index is 12.8. The van der Waals surface area contributed by atoms with Crippen molar-refractivity contribution in [2.24, 2.45) is 0 Å². The van der Waals surface area contributed by atoms with Gasteiger partial charge in [-0.1, -0.05) is 18.2 Å². The summed E-state index contributed by atoms with van der Waals surface area (Å²) in [7, 11) is 0. The zero-order valence-electron chi connectivity index (χ0n) is 18.1. The van der Waals surface area contributed by atoms with Gasteiger partial charge in [0.15, 0.2) is 0 Å². The van der Waals surface area contributed by atoms with Crippen molar-refractivity contribution >= 4 is 36.4 Å². The van der Waals surface area contributed by atoms with Crippen molar-refractivity contribution in [1.82, 2.24) is 9.80 Å². The first-order chi connectivity index (χ1) is 14.1. The van der Waals surface area contributed by atoms with Crippen molar-refractivity contribution in [1.29, 1.82) is 0 Å². The molecule has 0 atom stereocenters. The summed E-state index contributed by atoms with van der Waals surface area (Å²) in [5.74, 6) is 0.283. The Balaban J connectivity index is 0.00000171. The zero-order chi connectivity index (χ0) is 20.2. The average molecular weight is 466 g/mol. The molecular formula is C24H33Cl2N3O2. The first-order valence-electron chi connectivity index (χ1n) is 10.8. The SMILES string of the molecule is Cc1ccccc1C(=O)Nc1cc(CN2CCCC2)c(O)c(CN2CCCC2)c1.Cl.Cl. The number of likely N-dealkylation sites (tertiary alicyclic amines) is 2. The molecule has 0 bridgehead atoms. The molecule has 2 saturated heterocycles. The summed E-state index contributed by atoms with van der Waals surface area (Å²) >= 11 is 0. The van der Waals surface area contributed by atoms with Crippen LogP contribution in [0.4, 0.5) is 5.69 Å². The van der Waals surface area contributed by atoms with E-state index in [1.54, 1.807) is 0 Å². The lowest BCUT2D eigenvalue weighted by atomic mass is 10.0. The summed E-state index contributed by atoms with van der Waals surface area (Å²) in [5, 5.41) is 14.0. The Morgan fingerprint density at radius 3 is 1.87 bits per heavy atom. The largest absolute Gasteiger partial charge is 0.507 e. The van der Waals surface area contributed by atoms with Gasteiger partial charge in [-0.25, -0.2) is 0 Å². The Kier molecular flexibility index (Phi) is 9.63. The summed E-state index contributed by atoms with van der Waals surface area (Å²) < 4.78 is 0. The van der Waals surface area contributed by atoms with E-state index >= 15 is 0 Å². The van der Waals surface area contributed by atoms with E-state index in [9.17, 15) is 9.90 Å². The van der Waals surface area contributed by atoms with Gasteiger partial charge in [0.05, 0.1) is 0 Å². The number of rotatable bonds is 6. The number of halogens is 2. The summed E-state index contributed by atoms with van der Waals surface area (Å²) in [5.41, 5.74) is 4.22. The summed E-state index contributed by atoms with van der Waals surface area (Å²) in [6, 6.07) is 11.5. The molecule has 0 saturated carbocycles. The Bertz CT molecular complexity index is 840. The van der Waals surface area contributed by atoms with E-state index in [4.69, 9.17) is 0 Å². The van der Waals surface area contributed by atoms with Crippen LogP contribution >= 0.6 is 24.8 Å². The number of aromatic hydroxyl groups is 1. The molecule has 0 aromatic heterocycles. The lowest BCUT2D eigenvalue weighted by Crippen LogP contribution is -2.21. The molecule has 170 valence electrons. The number of aryl methyl sites for hydroxylation is 1. The minimum absolute atomic E-state index is 0. The highest BCUT2D eigenvalue weighted by molar-refractivity contribution is 6.05. The molecule has 2 aliphatic rings. The van der Waals surface area contributed by atoms with Crippen LogP contribution in [0.5, 0.6) is 5.75 Å². The molecule has 0 unspecified atom stereocenters. The summed E-state index contributed by atoms with van der Waals surface area (Å²) in [6.07, 6.45) is 4.85. The van der Waals surface area contributed by atoms with E-state index in [1.165, 1.54) is 25.7 Å². The Morgan fingerprint density at radius 1 is 0.903 bits per heavy atom. The molecule has 4 rings (SSSR count). The maximum Gasteiger partial charge on any atom is 0.255 e. The minimum Gasteiger partial charge on any atom is -0.507 e. The van der Waals surface area contributed by atoms with Crippen LogP contribution in [-0.4, -0.2) is 47.0 Å². The fourth-order valence-electron chi connectivity index (χ4n) is 4.46. The number of hydrogen-bond acceptors (Lipinski definition) is 4. The van der Waals surface area contributed by atoms with E-state index in [0.717, 1.165) is 61.6 Å². The average Bonchev–Trinajstić information content (AvgIpc) is 3.40. The third kappa shape index (κ3) is 6.36. The molecule has 5 nitrogen and oxygen atoms in total. The van der Waals surface area contributed by atoms with Gasteiger partial charge in [0.25, 0.3) is 5.91 Å². The van der Waals surface area contributed by atoms with Gasteiger partial charge in [0, 0.05) is 35.5 Å². The molecule has 0 aliphatic carbocycles. The van der Waals surface area contributed by atoms with Crippen molar-refractivity contribution < 1.29 is 9.90 Å². The van der Waals surface area contributed by atoms with Crippen LogP contribution in [0.15, 0.2) is 36.4 Å². The minimum atomic E-state index is -0.104. The van der Waals surface area contributed by atoms with Crippen LogP contribution in [0, 0.1) is 6.92 Å². The second kappa shape index (κ2) is 11.7. The zero-order valence-corrected chi connectivity index (χ0v) is 19.7. The van der Waals surface area contributed by atoms with Gasteiger partial charge in [-0.05, 0) is 82.5 Å². The van der Waals surface area contributed by atoms with Crippen molar-refractivity contribution in [3.8, 4) is 5.75 Å². The van der Waals surface area contributed by atoms with Gasteiger partial charge in [-0.3, -0.25) is 14.6 Å². The van der Waals surface area contributed by atoms with Gasteiger partial charge < -0.3 is 10.4 Å². The molecule has 2 aliphatic heterocycles. The van der Waals surface area contributed by atoms with Crippen LogP contribution in [0.1, 0.15) is 52.7 Å². The van der Waals surface area contributed by atoms with Crippen LogP contribution in [0.25, 0.3) is 0 Å². The third-order valence-electron chi connectivity index (χ3n) is 6.10. The smallest absolute Gasteiger partial charge is 0.255 e. The number of amides is 1. The van der Waals surface area contributed by atoms with E-state index < -0.39 is 0 Å². The maximum absolute atomic E-state index is 12.8. The Hall–Kier alpha value is -1.79. The molecule has 31 heavy (non-hydrogen) atoms. The lowest BCUT2D eigenvalue weighted by Gasteiger charge is -2.21. The van der Waals surface area contributed by atoms with Crippen molar-refractivity contribution in [3.63, 3.8) is 0 Å². The fraction of sp³-hybridized carbons (Fsp3) is 0.458. The number of nitrogens with one attached hydrogen (secondary N) is 1. The predicted octanol–water partition coefficient (Wildman–Crippen LogP) is 4.99. The number of anilines is 1. The second-order valence-electron chi connectivity index (χ2n) is 8.38. The Labute approximate surface area is 197 Å². The van der Waals surface area contributed by atoms with E-state index in [1.807, 2.05) is 43.3 Å². The third-order valence-corrected chi connectivity index (χ3v) is 6.10. The van der Waals surface area contributed by atoms with Gasteiger partial charge >= 0.3 is 0 Å². The van der Waals surface area contributed by atoms with E-state index in [0.29, 0.717) is 11.3 Å². The number of hydrogen-bond donors (Lipinski definition) is 2. The van der Waals surface area contributed by atoms with Crippen LogP contribution in [0.2, 0.25) is 0 Å². The Morgan fingerprint density at radius 2 is 1.39 bits per heavy atom. The first kappa shape index (κ1) is 25.5. The monoisotopic (exact) mass is 465 g/mol. The number of benzene rings is 2. The second-order valence-corrected chi connectivity index (χ2v) is 8.38. The van der Waals surface area contributed by atoms with Crippen LogP contribution in [-0.2, 0) is 13.1 Å². The molecule has 0 spiro atoms. The molecule has 2 heterocycles.